The van der Waals surface area contributed by atoms with Crippen LogP contribution in [-0.2, 0) is 0 Å². The monoisotopic (exact) mass is 75.0 g/mol. The van der Waals surface area contributed by atoms with Crippen molar-refractivity contribution in [1.82, 2.24) is 0 Å². The van der Waals surface area contributed by atoms with Gasteiger partial charge < -0.3 is 0 Å². The predicted molar refractivity (Wildman–Crippen MR) is 18.8 cm³/mol. The summed E-state index contributed by atoms with van der Waals surface area (Å²) in [7, 11) is 0. The highest BCUT2D eigenvalue weighted by Crippen LogP contribution is 2.11. The zero-order chi connectivity index (χ0) is 3.86. The van der Waals surface area contributed by atoms with E-state index in [-0.39, 0.29) is 5.38 Å². The Morgan fingerprint density at radius 1 is 2.25 bits per heavy atom. The first-order valence-electron chi connectivity index (χ1n) is 1.63. The van der Waals surface area contributed by atoms with E-state index in [1.807, 2.05) is 0 Å². The van der Waals surface area contributed by atoms with Crippen LogP contribution in [-0.4, -0.2) is 5.38 Å². The molecule has 0 radical (unpaired) electrons. The van der Waals surface area contributed by atoms with E-state index in [1.165, 1.54) is 0 Å². The molecule has 0 aliphatic heterocycles. The Kier molecular flexibility index (Phi) is 0.180. The van der Waals surface area contributed by atoms with Gasteiger partial charge in [0, 0.05) is 0 Å². The molecule has 1 rings (SSSR count). The first kappa shape index (κ1) is 1.46. The lowest BCUT2D eigenvalue weighted by Gasteiger charge is -1.54. The predicted octanol–water partition coefficient (Wildman–Crippen LogP) is 1.16. The lowest BCUT2D eigenvalue weighted by Crippen LogP contribution is -1.50. The largest absolute Gasteiger partial charge is 0.114 e. The fraction of sp³-hybridized carbons (Fsp3) is 0.333. The maximum absolute atomic E-state index is 6.63. The summed E-state index contributed by atoms with van der Waals surface area (Å²) in [5, 5.41) is -0.0185. The third kappa shape index (κ3) is 0.235. The van der Waals surface area contributed by atoms with Gasteiger partial charge in [0.25, 0.3) is 0 Å². The summed E-state index contributed by atoms with van der Waals surface area (Å²) in [5.41, 5.74) is 0. The Morgan fingerprint density at radius 3 is 2.50 bits per heavy atom. The fourth-order valence-electron chi connectivity index (χ4n) is 0.0364. The molecule has 0 N–H and O–H groups in total. The van der Waals surface area contributed by atoms with Crippen LogP contribution in [0.1, 0.15) is 1.37 Å². The normalized spacial score (nSPS) is 41.8. The number of rotatable bonds is 0. The molecule has 1 aliphatic rings. The van der Waals surface area contributed by atoms with Gasteiger partial charge in [-0.2, -0.15) is 0 Å². The molecule has 0 fully saturated rings. The molecule has 0 bridgehead atoms. The van der Waals surface area contributed by atoms with Crippen molar-refractivity contribution in [2.45, 2.75) is 5.38 Å². The van der Waals surface area contributed by atoms with E-state index < -0.39 is 0 Å². The van der Waals surface area contributed by atoms with Gasteiger partial charge in [-0.3, -0.25) is 0 Å². The summed E-state index contributed by atoms with van der Waals surface area (Å²) in [6, 6.07) is 0.562. The van der Waals surface area contributed by atoms with Crippen molar-refractivity contribution in [1.29, 1.82) is 0 Å². The van der Waals surface area contributed by atoms with Gasteiger partial charge in [-0.25, -0.2) is 0 Å². The van der Waals surface area contributed by atoms with E-state index in [2.05, 4.69) is 0 Å². The van der Waals surface area contributed by atoms with Gasteiger partial charge in [-0.05, 0) is 0 Å². The topological polar surface area (TPSA) is 0 Å². The Labute approximate surface area is 31.5 Å². The van der Waals surface area contributed by atoms with E-state index >= 15 is 0 Å². The highest BCUT2D eigenvalue weighted by molar-refractivity contribution is 6.25. The minimum Gasteiger partial charge on any atom is -0.114 e. The van der Waals surface area contributed by atoms with Crippen LogP contribution in [0.15, 0.2) is 12.1 Å². The summed E-state index contributed by atoms with van der Waals surface area (Å²) in [6.45, 7) is 0. The molecule has 0 heterocycles. The van der Waals surface area contributed by atoms with E-state index in [0.29, 0.717) is 6.05 Å². The molecular formula is C3H3Cl. The van der Waals surface area contributed by atoms with Crippen LogP contribution in [0.25, 0.3) is 0 Å². The maximum atomic E-state index is 6.63. The highest BCUT2D eigenvalue weighted by Gasteiger charge is 2.01. The molecule has 1 heteroatoms. The van der Waals surface area contributed by atoms with Crippen LogP contribution in [0.5, 0.6) is 0 Å². The van der Waals surface area contributed by atoms with Crippen molar-refractivity contribution in [3.05, 3.63) is 12.1 Å². The SMILES string of the molecule is [2H]C1=CC1Cl. The zero-order valence-electron chi connectivity index (χ0n) is 3.03. The van der Waals surface area contributed by atoms with Crippen molar-refractivity contribution in [2.75, 3.05) is 0 Å². The van der Waals surface area contributed by atoms with Gasteiger partial charge in [0.05, 0.1) is 6.75 Å². The van der Waals surface area contributed by atoms with Gasteiger partial charge in [0.15, 0.2) is 0 Å². The molecular weight excluding hydrogens is 71.5 g/mol. The molecule has 0 aromatic heterocycles. The molecule has 0 spiro atoms. The first-order valence-corrected chi connectivity index (χ1v) is 1.57. The van der Waals surface area contributed by atoms with Gasteiger partial charge in [-0.1, -0.05) is 12.1 Å². The lowest BCUT2D eigenvalue weighted by molar-refractivity contribution is 1.70. The van der Waals surface area contributed by atoms with Crippen molar-refractivity contribution < 1.29 is 1.37 Å². The molecule has 1 unspecified atom stereocenters. The van der Waals surface area contributed by atoms with E-state index in [1.54, 1.807) is 6.08 Å². The van der Waals surface area contributed by atoms with Crippen molar-refractivity contribution in [3.63, 3.8) is 0 Å². The average Bonchev–Trinajstić information content (AvgIpc) is 1.79. The Bertz CT molecular complexity index is 77.0. The molecule has 0 aromatic rings. The van der Waals surface area contributed by atoms with Gasteiger partial charge in [0.2, 0.25) is 0 Å². The van der Waals surface area contributed by atoms with Gasteiger partial charge >= 0.3 is 0 Å². The van der Waals surface area contributed by atoms with Crippen LogP contribution in [0.3, 0.4) is 0 Å². The second-order valence-corrected chi connectivity index (χ2v) is 1.21. The summed E-state index contributed by atoms with van der Waals surface area (Å²) >= 11 is 5.26. The lowest BCUT2D eigenvalue weighted by atomic mass is 10.9. The van der Waals surface area contributed by atoms with Crippen molar-refractivity contribution in [2.24, 2.45) is 0 Å². The Morgan fingerprint density at radius 2 is 2.50 bits per heavy atom. The molecule has 0 saturated carbocycles. The second-order valence-electron chi connectivity index (χ2n) is 0.735. The molecule has 0 saturated heterocycles. The van der Waals surface area contributed by atoms with Crippen molar-refractivity contribution >= 4 is 11.6 Å². The molecule has 0 nitrogen and oxygen atoms in total. The van der Waals surface area contributed by atoms with E-state index in [0.717, 1.165) is 0 Å². The second kappa shape index (κ2) is 0.494. The Balaban J connectivity index is 2.38. The number of hydrogen-bond donors (Lipinski definition) is 0. The quantitative estimate of drug-likeness (QED) is 0.299. The minimum absolute atomic E-state index is 0.0185. The smallest absolute Gasteiger partial charge is 0.0698 e. The van der Waals surface area contributed by atoms with E-state index in [4.69, 9.17) is 13.0 Å². The Hall–Kier alpha value is 0.0300. The minimum atomic E-state index is -0.0185. The molecule has 4 heavy (non-hydrogen) atoms. The molecule has 22 valence electrons. The molecule has 0 amide bonds. The van der Waals surface area contributed by atoms with Crippen LogP contribution in [0, 0.1) is 0 Å². The van der Waals surface area contributed by atoms with E-state index in [9.17, 15) is 0 Å². The van der Waals surface area contributed by atoms with Crippen LogP contribution in [0.2, 0.25) is 0 Å². The standard InChI is InChI=1S/C3H3Cl/c4-3-1-2-3/h1-3H/i1D. The number of halogens is 1. The maximum Gasteiger partial charge on any atom is 0.0698 e. The van der Waals surface area contributed by atoms with Gasteiger partial charge in [0.1, 0.15) is 0 Å². The van der Waals surface area contributed by atoms with Crippen LogP contribution >= 0.6 is 11.6 Å². The number of alkyl halides is 1. The zero-order valence-corrected chi connectivity index (χ0v) is 2.79. The molecule has 1 aliphatic carbocycles. The molecule has 1 atom stereocenters. The number of allylic oxidation sites excluding steroid dienone is 2. The van der Waals surface area contributed by atoms with Crippen molar-refractivity contribution in [3.8, 4) is 0 Å². The third-order valence-electron chi connectivity index (χ3n) is 0.293. The first-order chi connectivity index (χ1) is 2.30. The van der Waals surface area contributed by atoms with Crippen LogP contribution in [0.4, 0.5) is 0 Å². The third-order valence-corrected chi connectivity index (χ3v) is 0.545. The summed E-state index contributed by atoms with van der Waals surface area (Å²) in [6.07, 6.45) is 1.68. The summed E-state index contributed by atoms with van der Waals surface area (Å²) < 4.78 is 6.63. The highest BCUT2D eigenvalue weighted by atomic mass is 35.5. The molecule has 0 aromatic carbocycles. The van der Waals surface area contributed by atoms with Gasteiger partial charge in [-0.15, -0.1) is 11.6 Å². The van der Waals surface area contributed by atoms with Crippen LogP contribution < -0.4 is 0 Å². The fourth-order valence-corrected chi connectivity index (χ4v) is 0.109. The summed E-state index contributed by atoms with van der Waals surface area (Å²) in [5.74, 6) is 0. The average molecular weight is 75.5 g/mol. The number of hydrogen-bond acceptors (Lipinski definition) is 0. The summed E-state index contributed by atoms with van der Waals surface area (Å²) in [4.78, 5) is 0.